The van der Waals surface area contributed by atoms with Gasteiger partial charge in [-0.05, 0) is 31.2 Å². The van der Waals surface area contributed by atoms with Crippen LogP contribution in [0.15, 0.2) is 48.8 Å². The molecule has 6 heteroatoms. The standard InChI is InChI=1S/C19H17N5O/c1-13-10-23(17-5-3-2-4-16(17)19(25)22-13)12-15-9-21-18-7-6-14(8-20)11-24(15)18/h2-7,9,11,13H,10,12H2,1H3,(H,22,25). The maximum atomic E-state index is 12.4. The fourth-order valence-electron chi connectivity index (χ4n) is 3.28. The van der Waals surface area contributed by atoms with Crippen molar-refractivity contribution in [2.75, 3.05) is 11.4 Å². The molecule has 1 unspecified atom stereocenters. The van der Waals surface area contributed by atoms with Gasteiger partial charge in [-0.1, -0.05) is 12.1 Å². The van der Waals surface area contributed by atoms with Crippen LogP contribution in [0.2, 0.25) is 0 Å². The summed E-state index contributed by atoms with van der Waals surface area (Å²) < 4.78 is 1.94. The molecule has 1 N–H and O–H groups in total. The minimum atomic E-state index is -0.0458. The van der Waals surface area contributed by atoms with Crippen molar-refractivity contribution in [3.63, 3.8) is 0 Å². The van der Waals surface area contributed by atoms with Crippen molar-refractivity contribution in [3.8, 4) is 6.07 Å². The molecular formula is C19H17N5O. The zero-order valence-corrected chi connectivity index (χ0v) is 13.8. The van der Waals surface area contributed by atoms with Crippen molar-refractivity contribution >= 4 is 17.2 Å². The molecule has 3 heterocycles. The van der Waals surface area contributed by atoms with Crippen molar-refractivity contribution in [2.24, 2.45) is 0 Å². The smallest absolute Gasteiger partial charge is 0.253 e. The van der Waals surface area contributed by atoms with Crippen LogP contribution in [0, 0.1) is 11.3 Å². The average Bonchev–Trinajstić information content (AvgIpc) is 2.97. The van der Waals surface area contributed by atoms with Crippen molar-refractivity contribution in [2.45, 2.75) is 19.5 Å². The van der Waals surface area contributed by atoms with E-state index in [1.165, 1.54) is 0 Å². The van der Waals surface area contributed by atoms with Crippen molar-refractivity contribution in [1.82, 2.24) is 14.7 Å². The van der Waals surface area contributed by atoms with Crippen LogP contribution >= 0.6 is 0 Å². The molecule has 0 bridgehead atoms. The highest BCUT2D eigenvalue weighted by Crippen LogP contribution is 2.25. The molecule has 1 aliphatic heterocycles. The van der Waals surface area contributed by atoms with Gasteiger partial charge in [-0.2, -0.15) is 5.26 Å². The number of benzene rings is 1. The van der Waals surface area contributed by atoms with Gasteiger partial charge < -0.3 is 14.6 Å². The van der Waals surface area contributed by atoms with Gasteiger partial charge in [0.2, 0.25) is 0 Å². The van der Waals surface area contributed by atoms with Crippen LogP contribution in [0.4, 0.5) is 5.69 Å². The topological polar surface area (TPSA) is 73.4 Å². The van der Waals surface area contributed by atoms with Gasteiger partial charge in [-0.15, -0.1) is 0 Å². The number of nitrogens with one attached hydrogen (secondary N) is 1. The first-order valence-corrected chi connectivity index (χ1v) is 8.16. The number of nitriles is 1. The van der Waals surface area contributed by atoms with Crippen LogP contribution in [0.1, 0.15) is 28.5 Å². The SMILES string of the molecule is CC1CN(Cc2cnc3ccc(C#N)cn23)c2ccccc2C(=O)N1. The van der Waals surface area contributed by atoms with E-state index in [4.69, 9.17) is 5.26 Å². The molecule has 0 saturated carbocycles. The minimum Gasteiger partial charge on any atom is -0.363 e. The first-order valence-electron chi connectivity index (χ1n) is 8.16. The second-order valence-electron chi connectivity index (χ2n) is 6.28. The third-order valence-corrected chi connectivity index (χ3v) is 4.43. The Kier molecular flexibility index (Phi) is 3.62. The Morgan fingerprint density at radius 2 is 2.16 bits per heavy atom. The average molecular weight is 331 g/mol. The largest absolute Gasteiger partial charge is 0.363 e. The van der Waals surface area contributed by atoms with Crippen molar-refractivity contribution in [1.29, 1.82) is 5.26 Å². The van der Waals surface area contributed by atoms with Gasteiger partial charge in [-0.3, -0.25) is 4.79 Å². The number of nitrogens with zero attached hydrogens (tertiary/aromatic N) is 4. The summed E-state index contributed by atoms with van der Waals surface area (Å²) in [6.45, 7) is 3.30. The summed E-state index contributed by atoms with van der Waals surface area (Å²) >= 11 is 0. The predicted octanol–water partition coefficient (Wildman–Crippen LogP) is 2.34. The van der Waals surface area contributed by atoms with Gasteiger partial charge in [0.1, 0.15) is 11.7 Å². The zero-order chi connectivity index (χ0) is 17.4. The second-order valence-corrected chi connectivity index (χ2v) is 6.28. The number of pyridine rings is 1. The van der Waals surface area contributed by atoms with Crippen LogP contribution in [0.25, 0.3) is 5.65 Å². The summed E-state index contributed by atoms with van der Waals surface area (Å²) in [5.41, 5.74) is 3.96. The molecule has 4 rings (SSSR count). The number of rotatable bonds is 2. The van der Waals surface area contributed by atoms with Crippen molar-refractivity contribution in [3.05, 3.63) is 65.6 Å². The van der Waals surface area contributed by atoms with E-state index in [0.717, 1.165) is 17.0 Å². The van der Waals surface area contributed by atoms with Crippen LogP contribution < -0.4 is 10.2 Å². The Morgan fingerprint density at radius 3 is 3.00 bits per heavy atom. The second kappa shape index (κ2) is 5.95. The number of anilines is 1. The number of carbonyl (C=O) groups is 1. The number of aromatic nitrogens is 2. The third-order valence-electron chi connectivity index (χ3n) is 4.43. The minimum absolute atomic E-state index is 0.0359. The van der Waals surface area contributed by atoms with E-state index in [1.807, 2.05) is 47.9 Å². The number of amides is 1. The Labute approximate surface area is 145 Å². The van der Waals surface area contributed by atoms with Crippen LogP contribution in [0.5, 0.6) is 0 Å². The lowest BCUT2D eigenvalue weighted by atomic mass is 10.1. The molecule has 25 heavy (non-hydrogen) atoms. The van der Waals surface area contributed by atoms with E-state index in [1.54, 1.807) is 12.3 Å². The molecule has 1 atom stereocenters. The molecule has 6 nitrogen and oxygen atoms in total. The monoisotopic (exact) mass is 331 g/mol. The number of hydrogen-bond donors (Lipinski definition) is 1. The Hall–Kier alpha value is -3.33. The van der Waals surface area contributed by atoms with E-state index in [0.29, 0.717) is 24.2 Å². The fraction of sp³-hybridized carbons (Fsp3) is 0.211. The molecular weight excluding hydrogens is 314 g/mol. The highest BCUT2D eigenvalue weighted by Gasteiger charge is 2.24. The van der Waals surface area contributed by atoms with Gasteiger partial charge >= 0.3 is 0 Å². The van der Waals surface area contributed by atoms with Gasteiger partial charge in [0, 0.05) is 24.5 Å². The van der Waals surface area contributed by atoms with E-state index >= 15 is 0 Å². The summed E-state index contributed by atoms with van der Waals surface area (Å²) in [6.07, 6.45) is 3.62. The number of fused-ring (bicyclic) bond motifs is 2. The van der Waals surface area contributed by atoms with Crippen LogP contribution in [-0.4, -0.2) is 27.9 Å². The normalized spacial score (nSPS) is 16.9. The summed E-state index contributed by atoms with van der Waals surface area (Å²) in [4.78, 5) is 19.0. The number of imidazole rings is 1. The zero-order valence-electron chi connectivity index (χ0n) is 13.8. The highest BCUT2D eigenvalue weighted by molar-refractivity contribution is 6.00. The predicted molar refractivity (Wildman–Crippen MR) is 94.3 cm³/mol. The molecule has 3 aromatic rings. The lowest BCUT2D eigenvalue weighted by molar-refractivity contribution is 0.0945. The molecule has 0 aliphatic carbocycles. The molecule has 0 saturated heterocycles. The summed E-state index contributed by atoms with van der Waals surface area (Å²) in [5.74, 6) is -0.0458. The number of para-hydroxylation sites is 1. The maximum Gasteiger partial charge on any atom is 0.253 e. The molecule has 1 aromatic carbocycles. The molecule has 1 amide bonds. The molecule has 2 aromatic heterocycles. The highest BCUT2D eigenvalue weighted by atomic mass is 16.1. The number of hydrogen-bond acceptors (Lipinski definition) is 4. The van der Waals surface area contributed by atoms with Crippen molar-refractivity contribution < 1.29 is 4.79 Å². The lowest BCUT2D eigenvalue weighted by Gasteiger charge is -2.25. The first kappa shape index (κ1) is 15.2. The van der Waals surface area contributed by atoms with Crippen LogP contribution in [-0.2, 0) is 6.54 Å². The molecule has 124 valence electrons. The van der Waals surface area contributed by atoms with E-state index in [9.17, 15) is 4.79 Å². The Bertz CT molecular complexity index is 1000. The Balaban J connectivity index is 1.76. The molecule has 1 aliphatic rings. The Morgan fingerprint density at radius 1 is 1.32 bits per heavy atom. The summed E-state index contributed by atoms with van der Waals surface area (Å²) in [5, 5.41) is 12.2. The maximum absolute atomic E-state index is 12.4. The van der Waals surface area contributed by atoms with Gasteiger partial charge in [0.05, 0.1) is 29.6 Å². The fourth-order valence-corrected chi connectivity index (χ4v) is 3.28. The molecule has 0 spiro atoms. The molecule has 0 radical (unpaired) electrons. The van der Waals surface area contributed by atoms with E-state index in [-0.39, 0.29) is 11.9 Å². The summed E-state index contributed by atoms with van der Waals surface area (Å²) in [7, 11) is 0. The van der Waals surface area contributed by atoms with Gasteiger partial charge in [0.25, 0.3) is 5.91 Å². The van der Waals surface area contributed by atoms with Gasteiger partial charge in [0.15, 0.2) is 0 Å². The first-order chi connectivity index (χ1) is 12.2. The molecule has 0 fully saturated rings. The summed E-state index contributed by atoms with van der Waals surface area (Å²) in [6, 6.07) is 13.4. The third kappa shape index (κ3) is 2.70. The van der Waals surface area contributed by atoms with E-state index < -0.39 is 0 Å². The van der Waals surface area contributed by atoms with Crippen LogP contribution in [0.3, 0.4) is 0 Å². The van der Waals surface area contributed by atoms with E-state index in [2.05, 4.69) is 21.3 Å². The number of carbonyl (C=O) groups excluding carboxylic acids is 1. The lowest BCUT2D eigenvalue weighted by Crippen LogP contribution is -2.38. The quantitative estimate of drug-likeness (QED) is 0.782. The van der Waals surface area contributed by atoms with Gasteiger partial charge in [-0.25, -0.2) is 4.98 Å².